The lowest BCUT2D eigenvalue weighted by molar-refractivity contribution is 0.169. The van der Waals surface area contributed by atoms with Gasteiger partial charge in [-0.05, 0) is 61.1 Å². The molecule has 0 amide bonds. The summed E-state index contributed by atoms with van der Waals surface area (Å²) in [6, 6.07) is 3.90. The summed E-state index contributed by atoms with van der Waals surface area (Å²) in [5, 5.41) is 10.7. The molecule has 1 aliphatic carbocycles. The molecule has 82 valence electrons. The van der Waals surface area contributed by atoms with Crippen molar-refractivity contribution < 1.29 is 5.11 Å². The van der Waals surface area contributed by atoms with Crippen LogP contribution in [-0.2, 0) is 12.8 Å². The Bertz CT molecular complexity index is 365. The maximum absolute atomic E-state index is 9.97. The number of aliphatic hydroxyl groups is 1. The highest BCUT2D eigenvalue weighted by molar-refractivity contribution is 6.30. The number of benzene rings is 1. The van der Waals surface area contributed by atoms with Crippen molar-refractivity contribution >= 4 is 11.6 Å². The summed E-state index contributed by atoms with van der Waals surface area (Å²) in [5.41, 5.74) is 9.04. The van der Waals surface area contributed by atoms with Crippen LogP contribution in [0.15, 0.2) is 12.1 Å². The molecule has 1 aromatic rings. The summed E-state index contributed by atoms with van der Waals surface area (Å²) in [5.74, 6) is 0. The van der Waals surface area contributed by atoms with E-state index in [0.717, 1.165) is 29.8 Å². The van der Waals surface area contributed by atoms with Gasteiger partial charge in [0.1, 0.15) is 0 Å². The molecule has 0 bridgehead atoms. The van der Waals surface area contributed by atoms with E-state index in [1.54, 1.807) is 0 Å². The van der Waals surface area contributed by atoms with E-state index < -0.39 is 6.10 Å². The maximum atomic E-state index is 9.97. The van der Waals surface area contributed by atoms with Crippen LogP contribution in [0.25, 0.3) is 0 Å². The molecule has 1 aliphatic rings. The topological polar surface area (TPSA) is 46.2 Å². The number of fused-ring (bicyclic) bond motifs is 1. The van der Waals surface area contributed by atoms with Gasteiger partial charge in [0.25, 0.3) is 0 Å². The van der Waals surface area contributed by atoms with Crippen LogP contribution in [0.4, 0.5) is 0 Å². The van der Waals surface area contributed by atoms with Crippen molar-refractivity contribution in [3.05, 3.63) is 33.8 Å². The average molecular weight is 226 g/mol. The molecule has 1 aromatic carbocycles. The highest BCUT2D eigenvalue weighted by Crippen LogP contribution is 2.33. The Morgan fingerprint density at radius 3 is 2.93 bits per heavy atom. The first kappa shape index (κ1) is 10.9. The fourth-order valence-corrected chi connectivity index (χ4v) is 2.56. The summed E-state index contributed by atoms with van der Waals surface area (Å²) in [6.07, 6.45) is 3.45. The Hall–Kier alpha value is -0.570. The molecule has 1 atom stereocenters. The van der Waals surface area contributed by atoms with Gasteiger partial charge in [0.2, 0.25) is 0 Å². The zero-order valence-electron chi connectivity index (χ0n) is 8.67. The van der Waals surface area contributed by atoms with Crippen molar-refractivity contribution in [2.45, 2.75) is 31.8 Å². The lowest BCUT2D eigenvalue weighted by atomic mass is 9.97. The average Bonchev–Trinajstić information content (AvgIpc) is 2.64. The Balaban J connectivity index is 2.37. The number of hydrogen-bond donors (Lipinski definition) is 2. The van der Waals surface area contributed by atoms with Crippen LogP contribution >= 0.6 is 11.6 Å². The molecular formula is C12H16ClNO. The van der Waals surface area contributed by atoms with Crippen molar-refractivity contribution in [3.63, 3.8) is 0 Å². The molecule has 0 heterocycles. The molecule has 0 fully saturated rings. The summed E-state index contributed by atoms with van der Waals surface area (Å²) >= 11 is 6.03. The number of halogens is 1. The summed E-state index contributed by atoms with van der Waals surface area (Å²) in [7, 11) is 0. The van der Waals surface area contributed by atoms with Gasteiger partial charge in [-0.1, -0.05) is 11.6 Å². The van der Waals surface area contributed by atoms with Gasteiger partial charge in [-0.2, -0.15) is 0 Å². The van der Waals surface area contributed by atoms with Gasteiger partial charge in [-0.25, -0.2) is 0 Å². The maximum Gasteiger partial charge on any atom is 0.0805 e. The third kappa shape index (κ3) is 2.17. The first-order chi connectivity index (χ1) is 7.22. The molecule has 0 spiro atoms. The van der Waals surface area contributed by atoms with E-state index in [1.165, 1.54) is 11.1 Å². The molecule has 2 rings (SSSR count). The van der Waals surface area contributed by atoms with Crippen LogP contribution in [0.3, 0.4) is 0 Å². The minimum Gasteiger partial charge on any atom is -0.388 e. The van der Waals surface area contributed by atoms with Crippen LogP contribution < -0.4 is 5.73 Å². The predicted octanol–water partition coefficient (Wildman–Crippen LogP) is 2.21. The van der Waals surface area contributed by atoms with E-state index in [1.807, 2.05) is 12.1 Å². The van der Waals surface area contributed by atoms with E-state index in [0.29, 0.717) is 13.0 Å². The number of aliphatic hydroxyl groups excluding tert-OH is 1. The van der Waals surface area contributed by atoms with Crippen molar-refractivity contribution in [1.29, 1.82) is 0 Å². The van der Waals surface area contributed by atoms with Crippen LogP contribution in [0.2, 0.25) is 5.02 Å². The first-order valence-corrected chi connectivity index (χ1v) is 5.79. The second kappa shape index (κ2) is 4.52. The quantitative estimate of drug-likeness (QED) is 0.829. The Morgan fingerprint density at radius 2 is 2.20 bits per heavy atom. The standard InChI is InChI=1S/C12H16ClNO/c13-9-6-8-2-1-3-10(8)11(7-9)12(15)4-5-14/h6-7,12,15H,1-5,14H2. The van der Waals surface area contributed by atoms with Gasteiger partial charge in [-0.15, -0.1) is 0 Å². The fraction of sp³-hybridized carbons (Fsp3) is 0.500. The van der Waals surface area contributed by atoms with E-state index in [2.05, 4.69) is 0 Å². The molecule has 0 saturated carbocycles. The molecule has 0 saturated heterocycles. The summed E-state index contributed by atoms with van der Waals surface area (Å²) < 4.78 is 0. The van der Waals surface area contributed by atoms with Crippen LogP contribution in [0, 0.1) is 0 Å². The Morgan fingerprint density at radius 1 is 1.40 bits per heavy atom. The molecule has 0 aromatic heterocycles. The molecule has 0 aliphatic heterocycles. The number of aryl methyl sites for hydroxylation is 1. The Kier molecular flexibility index (Phi) is 3.29. The molecule has 3 heteroatoms. The minimum atomic E-state index is -0.458. The van der Waals surface area contributed by atoms with Gasteiger partial charge < -0.3 is 10.8 Å². The lowest BCUT2D eigenvalue weighted by Crippen LogP contribution is -2.08. The third-order valence-electron chi connectivity index (χ3n) is 3.01. The van der Waals surface area contributed by atoms with Crippen molar-refractivity contribution in [1.82, 2.24) is 0 Å². The zero-order valence-corrected chi connectivity index (χ0v) is 9.43. The van der Waals surface area contributed by atoms with Gasteiger partial charge >= 0.3 is 0 Å². The largest absolute Gasteiger partial charge is 0.388 e. The molecule has 3 N–H and O–H groups in total. The fourth-order valence-electron chi connectivity index (χ4n) is 2.31. The van der Waals surface area contributed by atoms with Crippen LogP contribution in [0.5, 0.6) is 0 Å². The van der Waals surface area contributed by atoms with Crippen molar-refractivity contribution in [2.75, 3.05) is 6.54 Å². The molecule has 2 nitrogen and oxygen atoms in total. The van der Waals surface area contributed by atoms with Crippen molar-refractivity contribution in [2.24, 2.45) is 5.73 Å². The van der Waals surface area contributed by atoms with Gasteiger partial charge in [0.15, 0.2) is 0 Å². The van der Waals surface area contributed by atoms with E-state index in [4.69, 9.17) is 17.3 Å². The predicted molar refractivity (Wildman–Crippen MR) is 62.1 cm³/mol. The second-order valence-corrected chi connectivity index (χ2v) is 4.52. The van der Waals surface area contributed by atoms with E-state index in [-0.39, 0.29) is 0 Å². The summed E-state index contributed by atoms with van der Waals surface area (Å²) in [4.78, 5) is 0. The SMILES string of the molecule is NCCC(O)c1cc(Cl)cc2c1CCC2. The van der Waals surface area contributed by atoms with Gasteiger partial charge in [0, 0.05) is 5.02 Å². The molecular weight excluding hydrogens is 210 g/mol. The summed E-state index contributed by atoms with van der Waals surface area (Å²) in [6.45, 7) is 0.502. The number of nitrogens with two attached hydrogens (primary N) is 1. The second-order valence-electron chi connectivity index (χ2n) is 4.08. The smallest absolute Gasteiger partial charge is 0.0805 e. The minimum absolute atomic E-state index is 0.458. The molecule has 15 heavy (non-hydrogen) atoms. The zero-order chi connectivity index (χ0) is 10.8. The number of hydrogen-bond acceptors (Lipinski definition) is 2. The van der Waals surface area contributed by atoms with Crippen LogP contribution in [-0.4, -0.2) is 11.7 Å². The highest BCUT2D eigenvalue weighted by atomic mass is 35.5. The van der Waals surface area contributed by atoms with E-state index in [9.17, 15) is 5.11 Å². The van der Waals surface area contributed by atoms with Gasteiger partial charge in [0.05, 0.1) is 6.10 Å². The van der Waals surface area contributed by atoms with E-state index >= 15 is 0 Å². The van der Waals surface area contributed by atoms with Crippen LogP contribution in [0.1, 0.15) is 35.6 Å². The Labute approximate surface area is 95.1 Å². The molecule has 1 unspecified atom stereocenters. The third-order valence-corrected chi connectivity index (χ3v) is 3.23. The molecule has 0 radical (unpaired) electrons. The monoisotopic (exact) mass is 225 g/mol. The number of rotatable bonds is 3. The van der Waals surface area contributed by atoms with Crippen molar-refractivity contribution in [3.8, 4) is 0 Å². The lowest BCUT2D eigenvalue weighted by Gasteiger charge is -2.15. The normalized spacial score (nSPS) is 16.5. The first-order valence-electron chi connectivity index (χ1n) is 5.41. The highest BCUT2D eigenvalue weighted by Gasteiger charge is 2.19. The van der Waals surface area contributed by atoms with Gasteiger partial charge in [-0.3, -0.25) is 0 Å².